The Morgan fingerprint density at radius 2 is 1.95 bits per heavy atom. The van der Waals surface area contributed by atoms with Gasteiger partial charge in [-0.2, -0.15) is 0 Å². The summed E-state index contributed by atoms with van der Waals surface area (Å²) >= 11 is 0. The highest BCUT2D eigenvalue weighted by atomic mass is 16.2. The number of aromatic nitrogens is 1. The molecule has 0 aliphatic rings. The van der Waals surface area contributed by atoms with E-state index >= 15 is 0 Å². The maximum absolute atomic E-state index is 12.0. The first-order valence-electron chi connectivity index (χ1n) is 6.82. The van der Waals surface area contributed by atoms with Gasteiger partial charge in [-0.25, -0.2) is 0 Å². The molecule has 0 fully saturated rings. The minimum absolute atomic E-state index is 0.0996. The molecule has 0 aliphatic carbocycles. The SMILES string of the molecule is CCC(C)NC(=O)c1ccnc(C(=O)NC(C)(C)C)c1. The van der Waals surface area contributed by atoms with Gasteiger partial charge in [-0.1, -0.05) is 6.92 Å². The summed E-state index contributed by atoms with van der Waals surface area (Å²) in [7, 11) is 0. The van der Waals surface area contributed by atoms with Crippen LogP contribution in [0, 0.1) is 0 Å². The second-order valence-corrected chi connectivity index (χ2v) is 5.92. The zero-order chi connectivity index (χ0) is 15.3. The summed E-state index contributed by atoms with van der Waals surface area (Å²) in [5.41, 5.74) is 0.351. The lowest BCUT2D eigenvalue weighted by molar-refractivity contribution is 0.0914. The third kappa shape index (κ3) is 4.99. The molecule has 0 aliphatic heterocycles. The first kappa shape index (κ1) is 16.1. The van der Waals surface area contributed by atoms with Crippen molar-refractivity contribution in [1.82, 2.24) is 15.6 Å². The van der Waals surface area contributed by atoms with Crippen molar-refractivity contribution >= 4 is 11.8 Å². The quantitative estimate of drug-likeness (QED) is 0.885. The summed E-state index contributed by atoms with van der Waals surface area (Å²) in [6, 6.07) is 3.21. The zero-order valence-corrected chi connectivity index (χ0v) is 12.8. The van der Waals surface area contributed by atoms with Crippen molar-refractivity contribution in [2.45, 2.75) is 52.6 Å². The van der Waals surface area contributed by atoms with Crippen LogP contribution in [0.5, 0.6) is 0 Å². The number of pyridine rings is 1. The van der Waals surface area contributed by atoms with Crippen molar-refractivity contribution in [1.29, 1.82) is 0 Å². The van der Waals surface area contributed by atoms with Crippen molar-refractivity contribution in [3.8, 4) is 0 Å². The Bertz CT molecular complexity index is 492. The van der Waals surface area contributed by atoms with E-state index < -0.39 is 0 Å². The largest absolute Gasteiger partial charge is 0.350 e. The Balaban J connectivity index is 2.85. The Labute approximate surface area is 120 Å². The number of hydrogen-bond acceptors (Lipinski definition) is 3. The molecule has 5 heteroatoms. The Morgan fingerprint density at radius 3 is 2.50 bits per heavy atom. The zero-order valence-electron chi connectivity index (χ0n) is 12.8. The normalized spacial score (nSPS) is 12.7. The molecule has 110 valence electrons. The van der Waals surface area contributed by atoms with E-state index in [9.17, 15) is 9.59 Å². The summed E-state index contributed by atoms with van der Waals surface area (Å²) < 4.78 is 0. The van der Waals surface area contributed by atoms with E-state index in [1.54, 1.807) is 6.07 Å². The summed E-state index contributed by atoms with van der Waals surface area (Å²) in [6.07, 6.45) is 2.33. The predicted molar refractivity (Wildman–Crippen MR) is 78.7 cm³/mol. The fraction of sp³-hybridized carbons (Fsp3) is 0.533. The first-order chi connectivity index (χ1) is 9.23. The summed E-state index contributed by atoms with van der Waals surface area (Å²) in [5, 5.41) is 5.68. The molecule has 1 aromatic heterocycles. The molecular weight excluding hydrogens is 254 g/mol. The van der Waals surface area contributed by atoms with E-state index in [1.807, 2.05) is 34.6 Å². The molecule has 1 atom stereocenters. The van der Waals surface area contributed by atoms with Crippen molar-refractivity contribution in [3.05, 3.63) is 29.6 Å². The molecule has 1 aromatic rings. The average Bonchev–Trinajstić information content (AvgIpc) is 2.36. The van der Waals surface area contributed by atoms with Crippen LogP contribution in [-0.2, 0) is 0 Å². The van der Waals surface area contributed by atoms with Crippen molar-refractivity contribution < 1.29 is 9.59 Å². The van der Waals surface area contributed by atoms with Crippen LogP contribution in [0.3, 0.4) is 0 Å². The number of rotatable bonds is 4. The molecule has 0 saturated carbocycles. The summed E-state index contributed by atoms with van der Waals surface area (Å²) in [5.74, 6) is -0.470. The average molecular weight is 277 g/mol. The van der Waals surface area contributed by atoms with Gasteiger partial charge < -0.3 is 10.6 Å². The maximum atomic E-state index is 12.0. The topological polar surface area (TPSA) is 71.1 Å². The molecule has 0 radical (unpaired) electrons. The van der Waals surface area contributed by atoms with Crippen LogP contribution >= 0.6 is 0 Å². The molecule has 2 amide bonds. The van der Waals surface area contributed by atoms with Crippen LogP contribution in [0.4, 0.5) is 0 Å². The van der Waals surface area contributed by atoms with E-state index in [0.29, 0.717) is 5.56 Å². The van der Waals surface area contributed by atoms with E-state index in [0.717, 1.165) is 6.42 Å². The number of nitrogens with zero attached hydrogens (tertiary/aromatic N) is 1. The number of hydrogen-bond donors (Lipinski definition) is 2. The lowest BCUT2D eigenvalue weighted by atomic mass is 10.1. The van der Waals surface area contributed by atoms with Crippen LogP contribution in [0.25, 0.3) is 0 Å². The minimum atomic E-state index is -0.340. The van der Waals surface area contributed by atoms with Crippen LogP contribution in [0.15, 0.2) is 18.3 Å². The van der Waals surface area contributed by atoms with Crippen LogP contribution < -0.4 is 10.6 Å². The molecule has 1 heterocycles. The van der Waals surface area contributed by atoms with Gasteiger partial charge in [-0.15, -0.1) is 0 Å². The molecule has 1 rings (SSSR count). The smallest absolute Gasteiger partial charge is 0.270 e. The fourth-order valence-corrected chi connectivity index (χ4v) is 1.51. The molecule has 5 nitrogen and oxygen atoms in total. The highest BCUT2D eigenvalue weighted by Gasteiger charge is 2.17. The van der Waals surface area contributed by atoms with E-state index in [1.165, 1.54) is 12.3 Å². The van der Waals surface area contributed by atoms with Gasteiger partial charge in [-0.05, 0) is 46.2 Å². The van der Waals surface area contributed by atoms with E-state index in [2.05, 4.69) is 15.6 Å². The van der Waals surface area contributed by atoms with Crippen molar-refractivity contribution in [2.75, 3.05) is 0 Å². The molecular formula is C15H23N3O2. The summed E-state index contributed by atoms with van der Waals surface area (Å²) in [6.45, 7) is 9.62. The van der Waals surface area contributed by atoms with E-state index in [-0.39, 0.29) is 29.1 Å². The molecule has 20 heavy (non-hydrogen) atoms. The monoisotopic (exact) mass is 277 g/mol. The van der Waals surface area contributed by atoms with Gasteiger partial charge in [0.1, 0.15) is 5.69 Å². The van der Waals surface area contributed by atoms with Crippen molar-refractivity contribution in [3.63, 3.8) is 0 Å². The Kier molecular flexibility index (Phi) is 5.25. The molecule has 0 spiro atoms. The number of carbonyl (C=O) groups excluding carboxylic acids is 2. The number of amides is 2. The third-order valence-corrected chi connectivity index (χ3v) is 2.73. The first-order valence-corrected chi connectivity index (χ1v) is 6.82. The molecule has 2 N–H and O–H groups in total. The lowest BCUT2D eigenvalue weighted by Crippen LogP contribution is -2.41. The van der Waals surface area contributed by atoms with Gasteiger partial charge in [0.15, 0.2) is 0 Å². The van der Waals surface area contributed by atoms with Gasteiger partial charge in [0.2, 0.25) is 0 Å². The minimum Gasteiger partial charge on any atom is -0.350 e. The number of nitrogens with one attached hydrogen (secondary N) is 2. The predicted octanol–water partition coefficient (Wildman–Crippen LogP) is 2.14. The van der Waals surface area contributed by atoms with Gasteiger partial charge in [-0.3, -0.25) is 14.6 Å². The van der Waals surface area contributed by atoms with Gasteiger partial charge in [0, 0.05) is 23.3 Å². The van der Waals surface area contributed by atoms with Gasteiger partial charge in [0.05, 0.1) is 0 Å². The highest BCUT2D eigenvalue weighted by molar-refractivity contribution is 5.98. The molecule has 0 saturated heterocycles. The van der Waals surface area contributed by atoms with Crippen LogP contribution in [-0.4, -0.2) is 28.4 Å². The fourth-order valence-electron chi connectivity index (χ4n) is 1.51. The van der Waals surface area contributed by atoms with Crippen LogP contribution in [0.2, 0.25) is 0 Å². The molecule has 1 unspecified atom stereocenters. The third-order valence-electron chi connectivity index (χ3n) is 2.73. The van der Waals surface area contributed by atoms with Crippen molar-refractivity contribution in [2.24, 2.45) is 0 Å². The summed E-state index contributed by atoms with van der Waals surface area (Å²) in [4.78, 5) is 28.0. The Morgan fingerprint density at radius 1 is 1.30 bits per heavy atom. The van der Waals surface area contributed by atoms with Gasteiger partial charge >= 0.3 is 0 Å². The number of carbonyl (C=O) groups is 2. The van der Waals surface area contributed by atoms with E-state index in [4.69, 9.17) is 0 Å². The molecule has 0 aromatic carbocycles. The lowest BCUT2D eigenvalue weighted by Gasteiger charge is -2.20. The van der Waals surface area contributed by atoms with Crippen LogP contribution in [0.1, 0.15) is 61.9 Å². The van der Waals surface area contributed by atoms with Gasteiger partial charge in [0.25, 0.3) is 11.8 Å². The standard InChI is InChI=1S/C15H23N3O2/c1-6-10(2)17-13(19)11-7-8-16-12(9-11)14(20)18-15(3,4)5/h7-10H,6H2,1-5H3,(H,17,19)(H,18,20). The second kappa shape index (κ2) is 6.50. The second-order valence-electron chi connectivity index (χ2n) is 5.92. The maximum Gasteiger partial charge on any atom is 0.270 e. The highest BCUT2D eigenvalue weighted by Crippen LogP contribution is 2.06. The molecule has 0 bridgehead atoms. The Hall–Kier alpha value is -1.91.